The fourth-order valence-electron chi connectivity index (χ4n) is 2.75. The summed E-state index contributed by atoms with van der Waals surface area (Å²) in [7, 11) is 1.73. The molecule has 0 aliphatic heterocycles. The van der Waals surface area contributed by atoms with Crippen molar-refractivity contribution < 1.29 is 4.74 Å². The number of aryl methyl sites for hydroxylation is 1. The van der Waals surface area contributed by atoms with Crippen molar-refractivity contribution >= 4 is 11.3 Å². The van der Waals surface area contributed by atoms with E-state index in [1.54, 1.807) is 18.4 Å². The summed E-state index contributed by atoms with van der Waals surface area (Å²) in [5, 5.41) is 8.03. The molecule has 1 aromatic heterocycles. The number of benzene rings is 1. The Hall–Kier alpha value is -1.32. The van der Waals surface area contributed by atoms with Gasteiger partial charge in [-0.15, -0.1) is 0 Å². The van der Waals surface area contributed by atoms with E-state index in [2.05, 4.69) is 40.3 Å². The lowest BCUT2D eigenvalue weighted by Gasteiger charge is -2.27. The third kappa shape index (κ3) is 2.82. The van der Waals surface area contributed by atoms with Gasteiger partial charge in [-0.1, -0.05) is 6.07 Å². The van der Waals surface area contributed by atoms with Crippen LogP contribution >= 0.6 is 11.3 Å². The van der Waals surface area contributed by atoms with Gasteiger partial charge >= 0.3 is 0 Å². The highest BCUT2D eigenvalue weighted by Gasteiger charge is 2.20. The lowest BCUT2D eigenvalue weighted by atomic mass is 9.87. The molecule has 1 unspecified atom stereocenters. The minimum Gasteiger partial charge on any atom is -0.497 e. The summed E-state index contributed by atoms with van der Waals surface area (Å²) >= 11 is 1.76. The van der Waals surface area contributed by atoms with Crippen LogP contribution in [0.4, 0.5) is 0 Å². The minimum absolute atomic E-state index is 0.457. The molecule has 100 valence electrons. The van der Waals surface area contributed by atoms with Crippen LogP contribution in [-0.2, 0) is 13.0 Å². The number of ether oxygens (including phenoxy) is 1. The summed E-state index contributed by atoms with van der Waals surface area (Å²) in [6.07, 6.45) is 3.67. The van der Waals surface area contributed by atoms with Crippen molar-refractivity contribution in [1.82, 2.24) is 5.32 Å². The van der Waals surface area contributed by atoms with E-state index in [0.717, 1.165) is 12.3 Å². The molecule has 0 amide bonds. The first-order valence-corrected chi connectivity index (χ1v) is 7.72. The van der Waals surface area contributed by atoms with Gasteiger partial charge in [0.25, 0.3) is 0 Å². The molecule has 3 rings (SSSR count). The van der Waals surface area contributed by atoms with Crippen LogP contribution in [0.2, 0.25) is 0 Å². The first-order valence-electron chi connectivity index (χ1n) is 6.78. The van der Waals surface area contributed by atoms with Crippen LogP contribution < -0.4 is 10.1 Å². The highest BCUT2D eigenvalue weighted by Crippen LogP contribution is 2.32. The Morgan fingerprint density at radius 3 is 3.11 bits per heavy atom. The zero-order chi connectivity index (χ0) is 13.1. The largest absolute Gasteiger partial charge is 0.497 e. The van der Waals surface area contributed by atoms with Gasteiger partial charge in [-0.05, 0) is 64.9 Å². The first-order chi connectivity index (χ1) is 9.36. The molecule has 19 heavy (non-hydrogen) atoms. The minimum atomic E-state index is 0.457. The standard InChI is InChI=1S/C16H19NOS/c1-18-14-6-5-13-3-2-4-16(15(13)9-14)17-10-12-7-8-19-11-12/h5-9,11,16-17H,2-4,10H2,1H3. The Kier molecular flexibility index (Phi) is 3.85. The second kappa shape index (κ2) is 5.76. The zero-order valence-corrected chi connectivity index (χ0v) is 12.0. The maximum atomic E-state index is 5.35. The normalized spacial score (nSPS) is 18.1. The van der Waals surface area contributed by atoms with E-state index in [1.165, 1.54) is 36.0 Å². The fraction of sp³-hybridized carbons (Fsp3) is 0.375. The highest BCUT2D eigenvalue weighted by atomic mass is 32.1. The lowest BCUT2D eigenvalue weighted by molar-refractivity contribution is 0.408. The van der Waals surface area contributed by atoms with Crippen LogP contribution in [0.5, 0.6) is 5.75 Å². The topological polar surface area (TPSA) is 21.3 Å². The second-order valence-electron chi connectivity index (χ2n) is 5.02. The molecule has 0 radical (unpaired) electrons. The Labute approximate surface area is 118 Å². The molecule has 0 saturated heterocycles. The smallest absolute Gasteiger partial charge is 0.119 e. The summed E-state index contributed by atoms with van der Waals surface area (Å²) in [6.45, 7) is 0.949. The molecule has 1 aliphatic carbocycles. The maximum absolute atomic E-state index is 5.35. The van der Waals surface area contributed by atoms with Crippen molar-refractivity contribution in [3.63, 3.8) is 0 Å². The number of methoxy groups -OCH3 is 1. The fourth-order valence-corrected chi connectivity index (χ4v) is 3.42. The van der Waals surface area contributed by atoms with E-state index in [4.69, 9.17) is 4.74 Å². The Morgan fingerprint density at radius 2 is 2.32 bits per heavy atom. The molecule has 3 heteroatoms. The van der Waals surface area contributed by atoms with Crippen molar-refractivity contribution in [2.24, 2.45) is 0 Å². The van der Waals surface area contributed by atoms with Crippen LogP contribution in [0.15, 0.2) is 35.0 Å². The summed E-state index contributed by atoms with van der Waals surface area (Å²) in [4.78, 5) is 0. The van der Waals surface area contributed by atoms with Crippen molar-refractivity contribution in [2.45, 2.75) is 31.8 Å². The van der Waals surface area contributed by atoms with E-state index in [0.29, 0.717) is 6.04 Å². The van der Waals surface area contributed by atoms with Gasteiger partial charge in [-0.3, -0.25) is 0 Å². The predicted molar refractivity (Wildman–Crippen MR) is 79.8 cm³/mol. The molecule has 0 saturated carbocycles. The van der Waals surface area contributed by atoms with Gasteiger partial charge in [0.15, 0.2) is 0 Å². The second-order valence-corrected chi connectivity index (χ2v) is 5.80. The third-order valence-corrected chi connectivity index (χ3v) is 4.53. The van der Waals surface area contributed by atoms with Gasteiger partial charge in [0.2, 0.25) is 0 Å². The zero-order valence-electron chi connectivity index (χ0n) is 11.2. The van der Waals surface area contributed by atoms with Crippen LogP contribution in [0, 0.1) is 0 Å². The molecule has 1 atom stereocenters. The summed E-state index contributed by atoms with van der Waals surface area (Å²) in [5.74, 6) is 0.961. The summed E-state index contributed by atoms with van der Waals surface area (Å²) < 4.78 is 5.35. The van der Waals surface area contributed by atoms with Gasteiger partial charge in [0.1, 0.15) is 5.75 Å². The van der Waals surface area contributed by atoms with Gasteiger partial charge in [0, 0.05) is 12.6 Å². The molecule has 1 N–H and O–H groups in total. The Bertz CT molecular complexity index is 536. The Balaban J connectivity index is 1.77. The van der Waals surface area contributed by atoms with Crippen molar-refractivity contribution in [1.29, 1.82) is 0 Å². The van der Waals surface area contributed by atoms with Crippen LogP contribution in [0.25, 0.3) is 0 Å². The van der Waals surface area contributed by atoms with E-state index in [-0.39, 0.29) is 0 Å². The van der Waals surface area contributed by atoms with Crippen LogP contribution in [0.1, 0.15) is 35.6 Å². The van der Waals surface area contributed by atoms with Crippen LogP contribution in [0.3, 0.4) is 0 Å². The van der Waals surface area contributed by atoms with E-state index in [9.17, 15) is 0 Å². The van der Waals surface area contributed by atoms with Crippen molar-refractivity contribution in [2.75, 3.05) is 7.11 Å². The molecule has 1 aromatic carbocycles. The van der Waals surface area contributed by atoms with Gasteiger partial charge in [0.05, 0.1) is 7.11 Å². The number of hydrogen-bond acceptors (Lipinski definition) is 3. The number of thiophene rings is 1. The Morgan fingerprint density at radius 1 is 1.37 bits per heavy atom. The molecule has 2 aromatic rings. The van der Waals surface area contributed by atoms with E-state index >= 15 is 0 Å². The SMILES string of the molecule is COc1ccc2c(c1)C(NCc1ccsc1)CCC2. The molecular formula is C16H19NOS. The number of fused-ring (bicyclic) bond motifs is 1. The number of rotatable bonds is 4. The quantitative estimate of drug-likeness (QED) is 0.911. The average Bonchev–Trinajstić information content (AvgIpc) is 2.97. The molecular weight excluding hydrogens is 254 g/mol. The first kappa shape index (κ1) is 12.7. The maximum Gasteiger partial charge on any atom is 0.119 e. The number of hydrogen-bond donors (Lipinski definition) is 1. The van der Waals surface area contributed by atoms with E-state index in [1.807, 2.05) is 0 Å². The van der Waals surface area contributed by atoms with Crippen molar-refractivity contribution in [3.05, 3.63) is 51.7 Å². The predicted octanol–water partition coefficient (Wildman–Crippen LogP) is 3.92. The molecule has 2 nitrogen and oxygen atoms in total. The van der Waals surface area contributed by atoms with Gasteiger partial charge < -0.3 is 10.1 Å². The molecule has 1 heterocycles. The highest BCUT2D eigenvalue weighted by molar-refractivity contribution is 7.07. The molecule has 0 bridgehead atoms. The molecule has 0 fully saturated rings. The third-order valence-electron chi connectivity index (χ3n) is 3.80. The average molecular weight is 273 g/mol. The monoisotopic (exact) mass is 273 g/mol. The lowest BCUT2D eigenvalue weighted by Crippen LogP contribution is -2.24. The van der Waals surface area contributed by atoms with E-state index < -0.39 is 0 Å². The van der Waals surface area contributed by atoms with Crippen molar-refractivity contribution in [3.8, 4) is 5.75 Å². The van der Waals surface area contributed by atoms with Gasteiger partial charge in [-0.2, -0.15) is 11.3 Å². The molecule has 1 aliphatic rings. The molecule has 0 spiro atoms. The van der Waals surface area contributed by atoms with Gasteiger partial charge in [-0.25, -0.2) is 0 Å². The summed E-state index contributed by atoms with van der Waals surface area (Å²) in [6, 6.07) is 9.12. The number of nitrogens with one attached hydrogen (secondary N) is 1. The van der Waals surface area contributed by atoms with Crippen LogP contribution in [-0.4, -0.2) is 7.11 Å². The summed E-state index contributed by atoms with van der Waals surface area (Å²) in [5.41, 5.74) is 4.26.